The predicted octanol–water partition coefficient (Wildman–Crippen LogP) is 0.710. The Morgan fingerprint density at radius 3 is 2.65 bits per heavy atom. The molecule has 0 spiro atoms. The van der Waals surface area contributed by atoms with Crippen molar-refractivity contribution in [2.75, 3.05) is 13.7 Å². The van der Waals surface area contributed by atoms with Gasteiger partial charge in [0.1, 0.15) is 0 Å². The highest BCUT2D eigenvalue weighted by atomic mass is 16.7. The number of aromatic nitrogens is 4. The molecule has 122 valence electrons. The molecule has 1 aliphatic heterocycles. The molecule has 2 aromatic rings. The van der Waals surface area contributed by atoms with Crippen LogP contribution in [0.4, 0.5) is 0 Å². The first-order valence-corrected chi connectivity index (χ1v) is 7.44. The molecule has 9 nitrogen and oxygen atoms in total. The summed E-state index contributed by atoms with van der Waals surface area (Å²) < 4.78 is 0. The zero-order chi connectivity index (χ0) is 16.2. The van der Waals surface area contributed by atoms with Gasteiger partial charge in [0.05, 0.1) is 6.61 Å². The van der Waals surface area contributed by atoms with Gasteiger partial charge in [-0.25, -0.2) is 5.53 Å². The lowest BCUT2D eigenvalue weighted by molar-refractivity contribution is -0.226. The van der Waals surface area contributed by atoms with Gasteiger partial charge in [0, 0.05) is 19.0 Å². The van der Waals surface area contributed by atoms with E-state index in [0.717, 1.165) is 17.8 Å². The Hall–Kier alpha value is -2.52. The molecule has 1 aromatic carbocycles. The van der Waals surface area contributed by atoms with Gasteiger partial charge in [0.2, 0.25) is 5.84 Å². The van der Waals surface area contributed by atoms with E-state index in [0.29, 0.717) is 18.9 Å². The largest absolute Gasteiger partial charge is 0.255 e. The average Bonchev–Trinajstić information content (AvgIpc) is 3.13. The van der Waals surface area contributed by atoms with Crippen LogP contribution in [0.15, 0.2) is 23.3 Å². The predicted molar refractivity (Wildman–Crippen MR) is 83.6 cm³/mol. The summed E-state index contributed by atoms with van der Waals surface area (Å²) in [6, 6.07) is 6.30. The molecule has 0 radical (unpaired) electrons. The Labute approximate surface area is 134 Å². The number of aryl methyl sites for hydroxylation is 3. The third kappa shape index (κ3) is 3.63. The molecule has 1 aromatic heterocycles. The van der Waals surface area contributed by atoms with E-state index in [1.807, 2.05) is 7.05 Å². The van der Waals surface area contributed by atoms with Crippen LogP contribution in [0.2, 0.25) is 0 Å². The molecule has 0 amide bonds. The van der Waals surface area contributed by atoms with E-state index in [2.05, 4.69) is 63.3 Å². The van der Waals surface area contributed by atoms with Gasteiger partial charge in [0.25, 0.3) is 0 Å². The fourth-order valence-corrected chi connectivity index (χ4v) is 2.44. The zero-order valence-electron chi connectivity index (χ0n) is 13.4. The topological polar surface area (TPSA) is 94.6 Å². The maximum Gasteiger partial charge on any atom is 0.201 e. The van der Waals surface area contributed by atoms with Crippen molar-refractivity contribution in [3.63, 3.8) is 0 Å². The molecule has 0 atom stereocenters. The molecule has 0 bridgehead atoms. The fourth-order valence-electron chi connectivity index (χ4n) is 2.44. The van der Waals surface area contributed by atoms with E-state index < -0.39 is 0 Å². The van der Waals surface area contributed by atoms with E-state index in [-0.39, 0.29) is 0 Å². The van der Waals surface area contributed by atoms with Crippen LogP contribution in [0.25, 0.3) is 0 Å². The lowest BCUT2D eigenvalue weighted by Crippen LogP contribution is -2.43. The van der Waals surface area contributed by atoms with Crippen LogP contribution < -0.4 is 5.53 Å². The van der Waals surface area contributed by atoms with Crippen LogP contribution in [-0.4, -0.2) is 50.4 Å². The molecule has 0 unspecified atom stereocenters. The molecule has 2 heterocycles. The highest BCUT2D eigenvalue weighted by Gasteiger charge is 2.25. The molecule has 0 fully saturated rings. The van der Waals surface area contributed by atoms with Gasteiger partial charge in [-0.3, -0.25) is 4.84 Å². The number of nitrogens with zero attached hydrogens (tertiary/aromatic N) is 6. The van der Waals surface area contributed by atoms with Crippen molar-refractivity contribution < 1.29 is 4.84 Å². The lowest BCUT2D eigenvalue weighted by Gasteiger charge is -2.24. The first-order valence-electron chi connectivity index (χ1n) is 7.44. The van der Waals surface area contributed by atoms with Crippen molar-refractivity contribution in [2.24, 2.45) is 5.10 Å². The van der Waals surface area contributed by atoms with Crippen LogP contribution in [-0.2, 0) is 11.3 Å². The minimum Gasteiger partial charge on any atom is -0.255 e. The Bertz CT molecular complexity index is 664. The highest BCUT2D eigenvalue weighted by molar-refractivity contribution is 5.98. The van der Waals surface area contributed by atoms with Crippen molar-refractivity contribution >= 4 is 5.84 Å². The van der Waals surface area contributed by atoms with E-state index >= 15 is 0 Å². The quantitative estimate of drug-likeness (QED) is 0.758. The maximum absolute atomic E-state index is 5.84. The minimum atomic E-state index is 0.518. The number of hydroxylamine groups is 1. The van der Waals surface area contributed by atoms with Gasteiger partial charge in [-0.05, 0) is 32.4 Å². The Kier molecular flexibility index (Phi) is 4.49. The van der Waals surface area contributed by atoms with E-state index in [1.165, 1.54) is 11.1 Å². The summed E-state index contributed by atoms with van der Waals surface area (Å²) in [4.78, 5) is 5.84. The second kappa shape index (κ2) is 6.71. The van der Waals surface area contributed by atoms with Crippen molar-refractivity contribution in [1.29, 1.82) is 0 Å². The number of hydrazine groups is 2. The van der Waals surface area contributed by atoms with Gasteiger partial charge < -0.3 is 0 Å². The summed E-state index contributed by atoms with van der Waals surface area (Å²) in [5, 5.41) is 21.5. The number of H-pyrrole nitrogens is 1. The van der Waals surface area contributed by atoms with Gasteiger partial charge in [-0.2, -0.15) is 5.21 Å². The van der Waals surface area contributed by atoms with Gasteiger partial charge in [-0.15, -0.1) is 20.5 Å². The number of hydrazone groups is 1. The molecular weight excluding hydrogens is 296 g/mol. The highest BCUT2D eigenvalue weighted by Crippen LogP contribution is 2.16. The smallest absolute Gasteiger partial charge is 0.201 e. The summed E-state index contributed by atoms with van der Waals surface area (Å²) in [5.74, 6) is 1.42. The van der Waals surface area contributed by atoms with Crippen molar-refractivity contribution in [2.45, 2.75) is 26.7 Å². The van der Waals surface area contributed by atoms with E-state index in [4.69, 9.17) is 4.84 Å². The zero-order valence-corrected chi connectivity index (χ0v) is 13.4. The second-order valence-corrected chi connectivity index (χ2v) is 5.47. The number of amidine groups is 1. The molecule has 3 rings (SSSR count). The second-order valence-electron chi connectivity index (χ2n) is 5.47. The summed E-state index contributed by atoms with van der Waals surface area (Å²) in [5.41, 5.74) is 6.28. The van der Waals surface area contributed by atoms with Crippen LogP contribution in [0, 0.1) is 13.8 Å². The molecule has 0 saturated carbocycles. The summed E-state index contributed by atoms with van der Waals surface area (Å²) in [6.07, 6.45) is 1.49. The average molecular weight is 316 g/mol. The lowest BCUT2D eigenvalue weighted by atomic mass is 10.1. The van der Waals surface area contributed by atoms with Gasteiger partial charge in [-0.1, -0.05) is 27.5 Å². The number of hydrogen-bond acceptors (Lipinski definition) is 8. The first-order chi connectivity index (χ1) is 11.1. The SMILES string of the molecule is Cc1cc(C)cc(C2=NNN(C)N2OCCCc2nn[nH]n2)c1. The van der Waals surface area contributed by atoms with E-state index in [1.54, 1.807) is 10.3 Å². The number of benzene rings is 1. The standard InChI is InChI=1S/C14H20N8O/c1-10-7-11(2)9-12(8-10)14-17-20-21(3)22(14)23-6-4-5-13-15-18-19-16-13/h7-9,20H,4-6H2,1-3H3,(H,15,16,18,19). The molecule has 2 N–H and O–H groups in total. The Morgan fingerprint density at radius 1 is 1.17 bits per heavy atom. The Balaban J connectivity index is 1.61. The number of hydrogen-bond donors (Lipinski definition) is 2. The molecule has 0 saturated heterocycles. The van der Waals surface area contributed by atoms with Gasteiger partial charge in [0.15, 0.2) is 5.82 Å². The van der Waals surface area contributed by atoms with Crippen LogP contribution >= 0.6 is 0 Å². The van der Waals surface area contributed by atoms with Crippen LogP contribution in [0.5, 0.6) is 0 Å². The normalized spacial score (nSPS) is 14.9. The summed E-state index contributed by atoms with van der Waals surface area (Å²) in [6.45, 7) is 4.66. The Morgan fingerprint density at radius 2 is 1.96 bits per heavy atom. The monoisotopic (exact) mass is 316 g/mol. The van der Waals surface area contributed by atoms with Crippen LogP contribution in [0.3, 0.4) is 0 Å². The molecule has 1 aliphatic rings. The van der Waals surface area contributed by atoms with Crippen molar-refractivity contribution in [3.8, 4) is 0 Å². The maximum atomic E-state index is 5.84. The number of nitrogens with one attached hydrogen (secondary N) is 2. The van der Waals surface area contributed by atoms with Gasteiger partial charge >= 0.3 is 0 Å². The van der Waals surface area contributed by atoms with Crippen molar-refractivity contribution in [3.05, 3.63) is 40.7 Å². The van der Waals surface area contributed by atoms with Crippen molar-refractivity contribution in [1.82, 2.24) is 36.4 Å². The molecule has 9 heteroatoms. The third-order valence-corrected chi connectivity index (χ3v) is 3.38. The summed E-state index contributed by atoms with van der Waals surface area (Å²) >= 11 is 0. The molecular formula is C14H20N8O. The minimum absolute atomic E-state index is 0.518. The first kappa shape index (κ1) is 15.4. The third-order valence-electron chi connectivity index (χ3n) is 3.38. The number of aromatic amines is 1. The molecule has 0 aliphatic carbocycles. The number of rotatable bonds is 6. The summed E-state index contributed by atoms with van der Waals surface area (Å²) in [7, 11) is 1.85. The fraction of sp³-hybridized carbons (Fsp3) is 0.429. The van der Waals surface area contributed by atoms with E-state index in [9.17, 15) is 0 Å². The molecule has 23 heavy (non-hydrogen) atoms. The van der Waals surface area contributed by atoms with Crippen LogP contribution in [0.1, 0.15) is 28.9 Å². The number of tetrazole rings is 1.